The highest BCUT2D eigenvalue weighted by molar-refractivity contribution is 7.99. The van der Waals surface area contributed by atoms with Gasteiger partial charge < -0.3 is 9.73 Å². The number of rotatable bonds is 6. The van der Waals surface area contributed by atoms with Gasteiger partial charge in [-0.25, -0.2) is 0 Å². The van der Waals surface area contributed by atoms with Crippen LogP contribution in [0.3, 0.4) is 0 Å². The Morgan fingerprint density at radius 2 is 2.20 bits per heavy atom. The second kappa shape index (κ2) is 7.31. The molecule has 0 aliphatic heterocycles. The largest absolute Gasteiger partial charge is 0.416 e. The minimum atomic E-state index is -0.0965. The van der Waals surface area contributed by atoms with Crippen molar-refractivity contribution in [2.24, 2.45) is 0 Å². The number of benzene rings is 1. The third kappa shape index (κ3) is 4.25. The predicted octanol–water partition coefficient (Wildman–Crippen LogP) is 3.41. The number of nitrogens with zero attached hydrogens (tertiary/aromatic N) is 2. The van der Waals surface area contributed by atoms with Gasteiger partial charge in [0.05, 0.1) is 10.7 Å². The van der Waals surface area contributed by atoms with E-state index in [0.717, 1.165) is 0 Å². The van der Waals surface area contributed by atoms with Crippen LogP contribution in [0, 0.1) is 0 Å². The van der Waals surface area contributed by atoms with E-state index in [4.69, 9.17) is 16.0 Å². The number of carbonyl (C=O) groups is 1. The molecule has 1 amide bonds. The Morgan fingerprint density at radius 1 is 1.40 bits per heavy atom. The first-order chi connectivity index (χ1) is 9.69. The molecule has 0 atom stereocenters. The number of aromatic nitrogens is 2. The first-order valence-electron chi connectivity index (χ1n) is 6.18. The van der Waals surface area contributed by atoms with E-state index in [1.165, 1.54) is 11.8 Å². The summed E-state index contributed by atoms with van der Waals surface area (Å²) in [6, 6.07) is 7.13. The minimum Gasteiger partial charge on any atom is -0.416 e. The number of hydrogen-bond acceptors (Lipinski definition) is 5. The van der Waals surface area contributed by atoms with Gasteiger partial charge >= 0.3 is 0 Å². The number of hydrogen-bond donors (Lipinski definition) is 1. The Balaban J connectivity index is 1.77. The van der Waals surface area contributed by atoms with Gasteiger partial charge in [-0.2, -0.15) is 0 Å². The van der Waals surface area contributed by atoms with Crippen LogP contribution >= 0.6 is 23.4 Å². The van der Waals surface area contributed by atoms with Crippen molar-refractivity contribution in [1.82, 2.24) is 10.2 Å². The van der Waals surface area contributed by atoms with Gasteiger partial charge in [0.2, 0.25) is 11.8 Å². The lowest BCUT2D eigenvalue weighted by Gasteiger charge is -2.05. The standard InChI is InChI=1S/C13H14ClN3O2S/c1-2-12-16-17-13(19-12)20-8-7-11(18)15-10-6-4-3-5-9(10)14/h3-6H,2,7-8H2,1H3,(H,15,18). The lowest BCUT2D eigenvalue weighted by atomic mass is 10.3. The maximum Gasteiger partial charge on any atom is 0.276 e. The molecular formula is C13H14ClN3O2S. The molecule has 0 aliphatic rings. The fourth-order valence-electron chi connectivity index (χ4n) is 1.45. The summed E-state index contributed by atoms with van der Waals surface area (Å²) in [7, 11) is 0. The molecule has 106 valence electrons. The van der Waals surface area contributed by atoms with E-state index < -0.39 is 0 Å². The van der Waals surface area contributed by atoms with Gasteiger partial charge in [-0.1, -0.05) is 42.4 Å². The number of nitrogens with one attached hydrogen (secondary N) is 1. The van der Waals surface area contributed by atoms with Crippen LogP contribution < -0.4 is 5.32 Å². The maximum absolute atomic E-state index is 11.8. The fourth-order valence-corrected chi connectivity index (χ4v) is 2.34. The van der Waals surface area contributed by atoms with Crippen molar-refractivity contribution in [2.75, 3.05) is 11.1 Å². The monoisotopic (exact) mass is 311 g/mol. The number of thioether (sulfide) groups is 1. The maximum atomic E-state index is 11.8. The van der Waals surface area contributed by atoms with Crippen molar-refractivity contribution in [2.45, 2.75) is 25.0 Å². The van der Waals surface area contributed by atoms with E-state index in [1.54, 1.807) is 12.1 Å². The molecule has 0 saturated carbocycles. The zero-order valence-corrected chi connectivity index (χ0v) is 12.5. The van der Waals surface area contributed by atoms with E-state index in [9.17, 15) is 4.79 Å². The molecule has 0 aliphatic carbocycles. The molecule has 2 rings (SSSR count). The van der Waals surface area contributed by atoms with Gasteiger partial charge in [-0.3, -0.25) is 4.79 Å². The van der Waals surface area contributed by atoms with E-state index in [0.29, 0.717) is 40.4 Å². The van der Waals surface area contributed by atoms with Crippen molar-refractivity contribution in [3.05, 3.63) is 35.2 Å². The number of carbonyl (C=O) groups excluding carboxylic acids is 1. The van der Waals surface area contributed by atoms with Crippen LogP contribution in [0.2, 0.25) is 5.02 Å². The lowest BCUT2D eigenvalue weighted by Crippen LogP contribution is -2.12. The van der Waals surface area contributed by atoms with Crippen molar-refractivity contribution in [3.63, 3.8) is 0 Å². The summed E-state index contributed by atoms with van der Waals surface area (Å²) < 4.78 is 5.34. The second-order valence-corrected chi connectivity index (χ2v) is 5.40. The zero-order valence-electron chi connectivity index (χ0n) is 10.9. The molecule has 0 saturated heterocycles. The Hall–Kier alpha value is -1.53. The highest BCUT2D eigenvalue weighted by Crippen LogP contribution is 2.21. The number of anilines is 1. The Labute approximate surface area is 126 Å². The highest BCUT2D eigenvalue weighted by Gasteiger charge is 2.08. The van der Waals surface area contributed by atoms with Gasteiger partial charge in [-0.05, 0) is 12.1 Å². The quantitative estimate of drug-likeness (QED) is 0.828. The van der Waals surface area contributed by atoms with Crippen LogP contribution in [0.25, 0.3) is 0 Å². The summed E-state index contributed by atoms with van der Waals surface area (Å²) >= 11 is 7.33. The smallest absolute Gasteiger partial charge is 0.276 e. The normalized spacial score (nSPS) is 10.5. The number of para-hydroxylation sites is 1. The zero-order chi connectivity index (χ0) is 14.4. The third-order valence-electron chi connectivity index (χ3n) is 2.45. The predicted molar refractivity (Wildman–Crippen MR) is 79.1 cm³/mol. The molecule has 2 aromatic rings. The van der Waals surface area contributed by atoms with E-state index in [1.807, 2.05) is 19.1 Å². The summed E-state index contributed by atoms with van der Waals surface area (Å²) in [6.45, 7) is 1.94. The van der Waals surface area contributed by atoms with Crippen LogP contribution in [0.15, 0.2) is 33.9 Å². The molecular weight excluding hydrogens is 298 g/mol. The SMILES string of the molecule is CCc1nnc(SCCC(=O)Nc2ccccc2Cl)o1. The van der Waals surface area contributed by atoms with E-state index in [2.05, 4.69) is 15.5 Å². The Morgan fingerprint density at radius 3 is 2.90 bits per heavy atom. The summed E-state index contributed by atoms with van der Waals surface area (Å²) in [5, 5.41) is 11.5. The number of halogens is 1. The average molecular weight is 312 g/mol. The van der Waals surface area contributed by atoms with Crippen LogP contribution in [0.1, 0.15) is 19.2 Å². The van der Waals surface area contributed by atoms with Crippen molar-refractivity contribution >= 4 is 35.0 Å². The van der Waals surface area contributed by atoms with E-state index >= 15 is 0 Å². The van der Waals surface area contributed by atoms with Crippen LogP contribution in [0.4, 0.5) is 5.69 Å². The molecule has 0 radical (unpaired) electrons. The molecule has 0 fully saturated rings. The molecule has 1 heterocycles. The molecule has 20 heavy (non-hydrogen) atoms. The van der Waals surface area contributed by atoms with Crippen LogP contribution in [-0.4, -0.2) is 21.9 Å². The number of amides is 1. The topological polar surface area (TPSA) is 68.0 Å². The molecule has 0 spiro atoms. The van der Waals surface area contributed by atoms with Crippen molar-refractivity contribution in [1.29, 1.82) is 0 Å². The average Bonchev–Trinajstić information content (AvgIpc) is 2.89. The summed E-state index contributed by atoms with van der Waals surface area (Å²) in [6.07, 6.45) is 1.06. The third-order valence-corrected chi connectivity index (χ3v) is 3.60. The summed E-state index contributed by atoms with van der Waals surface area (Å²) in [5.74, 6) is 1.08. The van der Waals surface area contributed by atoms with E-state index in [-0.39, 0.29) is 5.91 Å². The first kappa shape index (κ1) is 14.9. The molecule has 0 unspecified atom stereocenters. The van der Waals surface area contributed by atoms with Crippen molar-refractivity contribution in [3.8, 4) is 0 Å². The lowest BCUT2D eigenvalue weighted by molar-refractivity contribution is -0.115. The van der Waals surface area contributed by atoms with Crippen LogP contribution in [0.5, 0.6) is 0 Å². The molecule has 7 heteroatoms. The molecule has 1 aromatic carbocycles. The summed E-state index contributed by atoms with van der Waals surface area (Å²) in [5.41, 5.74) is 0.621. The summed E-state index contributed by atoms with van der Waals surface area (Å²) in [4.78, 5) is 11.8. The minimum absolute atomic E-state index is 0.0965. The van der Waals surface area contributed by atoms with Gasteiger partial charge in [0.1, 0.15) is 0 Å². The van der Waals surface area contributed by atoms with Gasteiger partial charge in [0, 0.05) is 18.6 Å². The molecule has 0 bridgehead atoms. The molecule has 5 nitrogen and oxygen atoms in total. The first-order valence-corrected chi connectivity index (χ1v) is 7.55. The second-order valence-electron chi connectivity index (χ2n) is 3.94. The molecule has 1 N–H and O–H groups in total. The number of aryl methyl sites for hydroxylation is 1. The van der Waals surface area contributed by atoms with Gasteiger partial charge in [0.25, 0.3) is 5.22 Å². The van der Waals surface area contributed by atoms with Crippen molar-refractivity contribution < 1.29 is 9.21 Å². The fraction of sp³-hybridized carbons (Fsp3) is 0.308. The van der Waals surface area contributed by atoms with Gasteiger partial charge in [0.15, 0.2) is 0 Å². The molecule has 1 aromatic heterocycles. The Kier molecular flexibility index (Phi) is 5.43. The highest BCUT2D eigenvalue weighted by atomic mass is 35.5. The van der Waals surface area contributed by atoms with Gasteiger partial charge in [-0.15, -0.1) is 10.2 Å². The Bertz CT molecular complexity index is 589. The van der Waals surface area contributed by atoms with Crippen LogP contribution in [-0.2, 0) is 11.2 Å².